The zero-order valence-electron chi connectivity index (χ0n) is 15.6. The number of carbonyl (C=O) groups is 2. The number of sulfonamides is 1. The highest BCUT2D eigenvalue weighted by atomic mass is 79.9. The van der Waals surface area contributed by atoms with Crippen molar-refractivity contribution >= 4 is 67.0 Å². The summed E-state index contributed by atoms with van der Waals surface area (Å²) in [7, 11) is -2.72. The number of carbonyl (C=O) groups excluding carboxylic acids is 2. The molecule has 2 amide bonds. The van der Waals surface area contributed by atoms with E-state index in [0.29, 0.717) is 21.4 Å². The van der Waals surface area contributed by atoms with Crippen molar-refractivity contribution < 1.29 is 22.7 Å². The fourth-order valence-corrected chi connectivity index (χ4v) is 3.80. The first-order chi connectivity index (χ1) is 14.2. The van der Waals surface area contributed by atoms with Crippen molar-refractivity contribution in [2.24, 2.45) is 0 Å². The fourth-order valence-electron chi connectivity index (χ4n) is 2.30. The van der Waals surface area contributed by atoms with Gasteiger partial charge in [0.2, 0.25) is 5.91 Å². The van der Waals surface area contributed by atoms with E-state index in [1.807, 2.05) is 4.72 Å². The van der Waals surface area contributed by atoms with Crippen molar-refractivity contribution in [3.05, 3.63) is 63.6 Å². The molecular weight excluding hydrogens is 519 g/mol. The van der Waals surface area contributed by atoms with Gasteiger partial charge in [-0.1, -0.05) is 39.1 Å². The third-order valence-corrected chi connectivity index (χ3v) is 6.10. The van der Waals surface area contributed by atoms with Gasteiger partial charge in [-0.25, -0.2) is 13.1 Å². The molecule has 0 bridgehead atoms. The molecule has 0 saturated heterocycles. The van der Waals surface area contributed by atoms with E-state index in [9.17, 15) is 18.0 Å². The fraction of sp³-hybridized carbons (Fsp3) is 0.158. The lowest BCUT2D eigenvalue weighted by atomic mass is 10.1. The normalized spacial score (nSPS) is 11.7. The van der Waals surface area contributed by atoms with E-state index < -0.39 is 15.9 Å². The molecule has 0 spiro atoms. The summed E-state index contributed by atoms with van der Waals surface area (Å²) in [5.41, 5.74) is 0.412. The highest BCUT2D eigenvalue weighted by Crippen LogP contribution is 2.25. The summed E-state index contributed by atoms with van der Waals surface area (Å²) in [5, 5.41) is 3.28. The van der Waals surface area contributed by atoms with Crippen molar-refractivity contribution in [3.63, 3.8) is 0 Å². The molecule has 11 heteroatoms. The molecule has 0 aromatic heterocycles. The zero-order chi connectivity index (χ0) is 22.3. The van der Waals surface area contributed by atoms with Crippen LogP contribution in [0.2, 0.25) is 10.0 Å². The highest BCUT2D eigenvalue weighted by Gasteiger charge is 2.21. The van der Waals surface area contributed by atoms with E-state index >= 15 is 0 Å². The number of methoxy groups -OCH3 is 1. The van der Waals surface area contributed by atoms with Gasteiger partial charge < -0.3 is 10.1 Å². The molecule has 7 nitrogen and oxygen atoms in total. The van der Waals surface area contributed by atoms with Crippen molar-refractivity contribution in [1.29, 1.82) is 0 Å². The molecule has 0 radical (unpaired) electrons. The predicted octanol–water partition coefficient (Wildman–Crippen LogP) is 3.40. The Morgan fingerprint density at radius 3 is 2.33 bits per heavy atom. The van der Waals surface area contributed by atoms with Crippen molar-refractivity contribution in [2.75, 3.05) is 19.0 Å². The minimum atomic E-state index is -4.16. The molecule has 0 aliphatic heterocycles. The number of rotatable bonds is 8. The molecule has 2 N–H and O–H groups in total. The summed E-state index contributed by atoms with van der Waals surface area (Å²) in [6.45, 7) is -0.220. The molecule has 0 fully saturated rings. The summed E-state index contributed by atoms with van der Waals surface area (Å²) >= 11 is 14.8. The summed E-state index contributed by atoms with van der Waals surface area (Å²) < 4.78 is 32.3. The Kier molecular flexibility index (Phi) is 8.72. The van der Waals surface area contributed by atoms with Crippen LogP contribution >= 0.6 is 39.1 Å². The van der Waals surface area contributed by atoms with Crippen LogP contribution < -0.4 is 14.8 Å². The van der Waals surface area contributed by atoms with Crippen molar-refractivity contribution in [1.82, 2.24) is 10.0 Å². The van der Waals surface area contributed by atoms with Gasteiger partial charge in [-0.05, 0) is 48.5 Å². The van der Waals surface area contributed by atoms with Crippen molar-refractivity contribution in [3.8, 4) is 5.75 Å². The molecule has 160 valence electrons. The second-order valence-electron chi connectivity index (χ2n) is 5.85. The Hall–Kier alpha value is -2.07. The van der Waals surface area contributed by atoms with Crippen LogP contribution in [0.4, 0.5) is 0 Å². The summed E-state index contributed by atoms with van der Waals surface area (Å²) in [6.07, 6.45) is 1.39. The minimum absolute atomic E-state index is 0.0193. The van der Waals surface area contributed by atoms with Crippen LogP contribution in [0.3, 0.4) is 0 Å². The first kappa shape index (κ1) is 24.2. The second kappa shape index (κ2) is 10.8. The first-order valence-electron chi connectivity index (χ1n) is 8.35. The molecule has 2 aromatic carbocycles. The molecule has 0 atom stereocenters. The monoisotopic (exact) mass is 534 g/mol. The van der Waals surface area contributed by atoms with Gasteiger partial charge in [0.15, 0.2) is 0 Å². The Balaban J connectivity index is 2.38. The number of hydrogen-bond donors (Lipinski definition) is 2. The van der Waals surface area contributed by atoms with E-state index in [2.05, 4.69) is 21.2 Å². The molecular formula is C19H17BrCl2N2O5S. The van der Waals surface area contributed by atoms with Crippen LogP contribution in [0, 0.1) is 0 Å². The maximum atomic E-state index is 12.8. The SMILES string of the molecule is COc1ccc(Cl)cc1/C=C(\CNC(=O)CBr)C(=O)NS(=O)(=O)c1ccc(Cl)cc1. The van der Waals surface area contributed by atoms with Crippen LogP contribution in [0.25, 0.3) is 6.08 Å². The molecule has 0 aliphatic rings. The third-order valence-electron chi connectivity index (χ3n) is 3.76. The minimum Gasteiger partial charge on any atom is -0.496 e. The Morgan fingerprint density at radius 2 is 1.73 bits per heavy atom. The predicted molar refractivity (Wildman–Crippen MR) is 120 cm³/mol. The van der Waals surface area contributed by atoms with Gasteiger partial charge in [-0.15, -0.1) is 0 Å². The zero-order valence-corrected chi connectivity index (χ0v) is 19.5. The van der Waals surface area contributed by atoms with Crippen LogP contribution in [0.15, 0.2) is 52.9 Å². The molecule has 0 unspecified atom stereocenters. The number of benzene rings is 2. The number of hydrogen-bond acceptors (Lipinski definition) is 5. The standard InChI is InChI=1S/C19H17BrCl2N2O5S/c1-29-17-7-4-15(22)9-12(17)8-13(11-23-18(25)10-20)19(26)24-30(27,28)16-5-2-14(21)3-6-16/h2-9H,10-11H2,1H3,(H,23,25)(H,24,26)/b13-8+. The average Bonchev–Trinajstić information content (AvgIpc) is 2.70. The van der Waals surface area contributed by atoms with Gasteiger partial charge in [-0.3, -0.25) is 9.59 Å². The van der Waals surface area contributed by atoms with Gasteiger partial charge in [0.05, 0.1) is 17.3 Å². The highest BCUT2D eigenvalue weighted by molar-refractivity contribution is 9.09. The molecule has 30 heavy (non-hydrogen) atoms. The van der Waals surface area contributed by atoms with Gasteiger partial charge in [0, 0.05) is 27.7 Å². The molecule has 2 rings (SSSR count). The lowest BCUT2D eigenvalue weighted by molar-refractivity contribution is -0.118. The Labute approximate surface area is 192 Å². The van der Waals surface area contributed by atoms with Gasteiger partial charge in [0.25, 0.3) is 15.9 Å². The lowest BCUT2D eigenvalue weighted by Crippen LogP contribution is -2.36. The van der Waals surface area contributed by atoms with Gasteiger partial charge in [-0.2, -0.15) is 0 Å². The number of nitrogens with one attached hydrogen (secondary N) is 2. The summed E-state index contributed by atoms with van der Waals surface area (Å²) in [4.78, 5) is 24.2. The maximum absolute atomic E-state index is 12.8. The van der Waals surface area contributed by atoms with Crippen LogP contribution in [0.5, 0.6) is 5.75 Å². The summed E-state index contributed by atoms with van der Waals surface area (Å²) in [5.74, 6) is -0.883. The van der Waals surface area contributed by atoms with Crippen LogP contribution in [-0.2, 0) is 19.6 Å². The number of halogens is 3. The smallest absolute Gasteiger partial charge is 0.264 e. The average molecular weight is 536 g/mol. The number of ether oxygens (including phenoxy) is 1. The number of alkyl halides is 1. The van der Waals surface area contributed by atoms with Crippen LogP contribution in [0.1, 0.15) is 5.56 Å². The molecule has 0 saturated carbocycles. The van der Waals surface area contributed by atoms with E-state index in [1.165, 1.54) is 37.5 Å². The van der Waals surface area contributed by atoms with Crippen molar-refractivity contribution in [2.45, 2.75) is 4.90 Å². The Morgan fingerprint density at radius 1 is 1.10 bits per heavy atom. The first-order valence-corrected chi connectivity index (χ1v) is 11.7. The summed E-state index contributed by atoms with van der Waals surface area (Å²) in [6, 6.07) is 10.1. The van der Waals surface area contributed by atoms with Crippen LogP contribution in [-0.4, -0.2) is 39.2 Å². The topological polar surface area (TPSA) is 102 Å². The largest absolute Gasteiger partial charge is 0.496 e. The Bertz CT molecular complexity index is 1070. The molecule has 2 aromatic rings. The second-order valence-corrected chi connectivity index (χ2v) is 8.97. The lowest BCUT2D eigenvalue weighted by Gasteiger charge is -2.12. The molecule has 0 aliphatic carbocycles. The van der Waals surface area contributed by atoms with E-state index in [0.717, 1.165) is 0 Å². The van der Waals surface area contributed by atoms with Gasteiger partial charge in [0.1, 0.15) is 5.75 Å². The quantitative estimate of drug-likeness (QED) is 0.398. The number of amides is 2. The third kappa shape index (κ3) is 6.73. The van der Waals surface area contributed by atoms with E-state index in [-0.39, 0.29) is 28.3 Å². The maximum Gasteiger partial charge on any atom is 0.264 e. The molecule has 0 heterocycles. The van der Waals surface area contributed by atoms with Gasteiger partial charge >= 0.3 is 0 Å². The van der Waals surface area contributed by atoms with E-state index in [4.69, 9.17) is 27.9 Å². The van der Waals surface area contributed by atoms with E-state index in [1.54, 1.807) is 18.2 Å².